The van der Waals surface area contributed by atoms with Crippen molar-refractivity contribution in [3.05, 3.63) is 84.2 Å². The number of hydrogen-bond acceptors (Lipinski definition) is 1. The molecule has 1 atom stereocenters. The summed E-state index contributed by atoms with van der Waals surface area (Å²) in [4.78, 5) is 9.35. The minimum absolute atomic E-state index is 0.254. The highest BCUT2D eigenvalue weighted by atomic mass is 14.9. The van der Waals surface area contributed by atoms with Gasteiger partial charge in [-0.05, 0) is 49.3 Å². The fourth-order valence-electron chi connectivity index (χ4n) is 2.84. The summed E-state index contributed by atoms with van der Waals surface area (Å²) in [6.07, 6.45) is 32.9. The molecular formula is C22H24N2. The smallest absolute Gasteiger partial charge is 0.135 e. The van der Waals surface area contributed by atoms with Crippen LogP contribution in [0.3, 0.4) is 0 Å². The number of rotatable bonds is 4. The molecule has 2 nitrogen and oxygen atoms in total. The first kappa shape index (κ1) is 16.4. The van der Waals surface area contributed by atoms with E-state index in [-0.39, 0.29) is 5.92 Å². The van der Waals surface area contributed by atoms with Gasteiger partial charge in [0.15, 0.2) is 0 Å². The van der Waals surface area contributed by atoms with Gasteiger partial charge in [-0.1, -0.05) is 60.8 Å². The van der Waals surface area contributed by atoms with E-state index in [2.05, 4.69) is 76.8 Å². The van der Waals surface area contributed by atoms with E-state index < -0.39 is 0 Å². The lowest BCUT2D eigenvalue weighted by molar-refractivity contribution is 0.859. The fraction of sp³-hybridized carbons (Fsp3) is 0.273. The lowest BCUT2D eigenvalue weighted by Gasteiger charge is -2.12. The molecule has 0 N–H and O–H groups in total. The molecule has 3 aliphatic rings. The van der Waals surface area contributed by atoms with Crippen LogP contribution in [0.1, 0.15) is 32.1 Å². The first-order chi connectivity index (χ1) is 11.9. The van der Waals surface area contributed by atoms with E-state index >= 15 is 0 Å². The Bertz CT molecular complexity index is 706. The van der Waals surface area contributed by atoms with Gasteiger partial charge in [-0.2, -0.15) is 0 Å². The molecule has 122 valence electrons. The first-order valence-corrected chi connectivity index (χ1v) is 8.76. The summed E-state index contributed by atoms with van der Waals surface area (Å²) in [6, 6.07) is 0. The topological polar surface area (TPSA) is 24.7 Å². The highest BCUT2D eigenvalue weighted by molar-refractivity contribution is 5.98. The van der Waals surface area contributed by atoms with Crippen molar-refractivity contribution in [1.82, 2.24) is 0 Å². The van der Waals surface area contributed by atoms with Crippen LogP contribution >= 0.6 is 0 Å². The molecule has 0 aromatic heterocycles. The Morgan fingerprint density at radius 2 is 2.04 bits per heavy atom. The number of aliphatic imine (C=N–C) groups is 2. The quantitative estimate of drug-likeness (QED) is 0.472. The minimum atomic E-state index is 0.254. The zero-order valence-electron chi connectivity index (χ0n) is 14.0. The molecular weight excluding hydrogens is 292 g/mol. The second-order valence-electron chi connectivity index (χ2n) is 6.11. The Hall–Kier alpha value is -2.48. The summed E-state index contributed by atoms with van der Waals surface area (Å²) in [7, 11) is 0. The second kappa shape index (κ2) is 8.97. The first-order valence-electron chi connectivity index (χ1n) is 8.76. The van der Waals surface area contributed by atoms with Crippen LogP contribution in [0.4, 0.5) is 0 Å². The van der Waals surface area contributed by atoms with E-state index in [1.165, 1.54) is 11.1 Å². The van der Waals surface area contributed by atoms with Crippen LogP contribution < -0.4 is 0 Å². The summed E-state index contributed by atoms with van der Waals surface area (Å²) in [5.74, 6) is 1.13. The standard InChI is InChI=1S/C22H24N2/c1-4-10-19(11-5-1)16-17-23-22(21-14-8-3-9-15-21)24-18-20-12-6-2-7-13-20/h1,3-4,6,8-10,12-14,16-18,21H,2,5,7,11,15H2/b17-16+,23-22-,24-18+. The van der Waals surface area contributed by atoms with Gasteiger partial charge in [0.25, 0.3) is 0 Å². The zero-order valence-corrected chi connectivity index (χ0v) is 14.0. The molecule has 3 rings (SSSR count). The summed E-state index contributed by atoms with van der Waals surface area (Å²) in [5, 5.41) is 0. The SMILES string of the molecule is C1=CCCC(/C=C/N=C(\N=C\C2=CCCC=C2)C2C=CC=CC2)=C1. The van der Waals surface area contributed by atoms with Gasteiger partial charge in [-0.25, -0.2) is 9.98 Å². The van der Waals surface area contributed by atoms with Crippen LogP contribution in [-0.2, 0) is 0 Å². The highest BCUT2D eigenvalue weighted by Gasteiger charge is 2.11. The Labute approximate surface area is 144 Å². The summed E-state index contributed by atoms with van der Waals surface area (Å²) >= 11 is 0. The van der Waals surface area contributed by atoms with E-state index in [9.17, 15) is 0 Å². The van der Waals surface area contributed by atoms with Crippen molar-refractivity contribution in [2.45, 2.75) is 32.1 Å². The van der Waals surface area contributed by atoms with Gasteiger partial charge < -0.3 is 0 Å². The molecule has 0 bridgehead atoms. The maximum atomic E-state index is 4.69. The third kappa shape index (κ3) is 5.02. The van der Waals surface area contributed by atoms with Gasteiger partial charge >= 0.3 is 0 Å². The van der Waals surface area contributed by atoms with E-state index in [1.807, 2.05) is 12.4 Å². The van der Waals surface area contributed by atoms with Gasteiger partial charge in [0.05, 0.1) is 0 Å². The van der Waals surface area contributed by atoms with E-state index in [0.717, 1.165) is 37.9 Å². The van der Waals surface area contributed by atoms with E-state index in [0.29, 0.717) is 0 Å². The normalized spacial score (nSPS) is 24.0. The predicted octanol–water partition coefficient (Wildman–Crippen LogP) is 5.65. The molecule has 0 aromatic carbocycles. The van der Waals surface area contributed by atoms with Crippen LogP contribution in [0.25, 0.3) is 0 Å². The molecule has 0 saturated carbocycles. The van der Waals surface area contributed by atoms with Gasteiger partial charge in [-0.3, -0.25) is 0 Å². The molecule has 0 aliphatic heterocycles. The lowest BCUT2D eigenvalue weighted by Crippen LogP contribution is -2.11. The molecule has 3 aliphatic carbocycles. The van der Waals surface area contributed by atoms with Crippen molar-refractivity contribution in [2.75, 3.05) is 0 Å². The van der Waals surface area contributed by atoms with Gasteiger partial charge in [0.1, 0.15) is 5.84 Å². The fourth-order valence-corrected chi connectivity index (χ4v) is 2.84. The van der Waals surface area contributed by atoms with Gasteiger partial charge in [0, 0.05) is 18.3 Å². The maximum absolute atomic E-state index is 4.69. The molecule has 0 radical (unpaired) electrons. The summed E-state index contributed by atoms with van der Waals surface area (Å²) < 4.78 is 0. The van der Waals surface area contributed by atoms with Crippen LogP contribution in [0.5, 0.6) is 0 Å². The average molecular weight is 316 g/mol. The molecule has 0 aromatic rings. The van der Waals surface area contributed by atoms with Crippen molar-refractivity contribution < 1.29 is 0 Å². The zero-order chi connectivity index (χ0) is 16.5. The number of amidine groups is 1. The molecule has 24 heavy (non-hydrogen) atoms. The van der Waals surface area contributed by atoms with E-state index in [1.54, 1.807) is 0 Å². The predicted molar refractivity (Wildman–Crippen MR) is 104 cm³/mol. The summed E-state index contributed by atoms with van der Waals surface area (Å²) in [6.45, 7) is 0. The van der Waals surface area contributed by atoms with Crippen molar-refractivity contribution in [2.24, 2.45) is 15.9 Å². The van der Waals surface area contributed by atoms with Gasteiger partial charge in [0.2, 0.25) is 0 Å². The number of nitrogens with zero attached hydrogens (tertiary/aromatic N) is 2. The van der Waals surface area contributed by atoms with Crippen molar-refractivity contribution in [3.63, 3.8) is 0 Å². The highest BCUT2D eigenvalue weighted by Crippen LogP contribution is 2.17. The lowest BCUT2D eigenvalue weighted by atomic mass is 9.99. The number of hydrogen-bond donors (Lipinski definition) is 0. The molecule has 2 heteroatoms. The third-order valence-electron chi connectivity index (χ3n) is 4.22. The molecule has 0 saturated heterocycles. The van der Waals surface area contributed by atoms with Crippen LogP contribution in [-0.4, -0.2) is 12.1 Å². The van der Waals surface area contributed by atoms with E-state index in [4.69, 9.17) is 0 Å². The third-order valence-corrected chi connectivity index (χ3v) is 4.22. The average Bonchev–Trinajstić information content (AvgIpc) is 2.67. The van der Waals surface area contributed by atoms with Crippen LogP contribution in [0.2, 0.25) is 0 Å². The van der Waals surface area contributed by atoms with Crippen molar-refractivity contribution in [3.8, 4) is 0 Å². The molecule has 0 fully saturated rings. The van der Waals surface area contributed by atoms with Crippen LogP contribution in [0.15, 0.2) is 94.2 Å². The Morgan fingerprint density at radius 3 is 2.79 bits per heavy atom. The van der Waals surface area contributed by atoms with Crippen molar-refractivity contribution >= 4 is 12.1 Å². The Balaban J connectivity index is 1.74. The van der Waals surface area contributed by atoms with Crippen molar-refractivity contribution in [1.29, 1.82) is 0 Å². The molecule has 1 unspecified atom stereocenters. The van der Waals surface area contributed by atoms with Crippen LogP contribution in [0, 0.1) is 5.92 Å². The molecule has 0 heterocycles. The molecule has 0 spiro atoms. The Morgan fingerprint density at radius 1 is 1.04 bits per heavy atom. The maximum Gasteiger partial charge on any atom is 0.135 e. The minimum Gasteiger partial charge on any atom is -0.241 e. The second-order valence-corrected chi connectivity index (χ2v) is 6.11. The monoisotopic (exact) mass is 316 g/mol. The number of allylic oxidation sites excluding steroid dienone is 12. The molecule has 0 amide bonds. The summed E-state index contributed by atoms with van der Waals surface area (Å²) in [5.41, 5.74) is 2.50. The Kier molecular flexibility index (Phi) is 6.12. The largest absolute Gasteiger partial charge is 0.241 e. The van der Waals surface area contributed by atoms with Gasteiger partial charge in [-0.15, -0.1) is 0 Å².